The Morgan fingerprint density at radius 2 is 2.00 bits per heavy atom. The summed E-state index contributed by atoms with van der Waals surface area (Å²) in [6, 6.07) is 0.357. The quantitative estimate of drug-likeness (QED) is 0.847. The van der Waals surface area contributed by atoms with Crippen molar-refractivity contribution in [3.63, 3.8) is 0 Å². The first-order chi connectivity index (χ1) is 9.36. The van der Waals surface area contributed by atoms with Gasteiger partial charge in [0, 0.05) is 24.6 Å². The van der Waals surface area contributed by atoms with Crippen LogP contribution in [0.5, 0.6) is 0 Å². The second-order valence-corrected chi connectivity index (χ2v) is 5.10. The first-order valence-corrected chi connectivity index (χ1v) is 6.57. The summed E-state index contributed by atoms with van der Waals surface area (Å²) in [5, 5.41) is 0. The number of rotatable bonds is 2. The largest absolute Gasteiger partial charge is 0.338 e. The van der Waals surface area contributed by atoms with Crippen LogP contribution in [-0.2, 0) is 4.79 Å². The highest BCUT2D eigenvalue weighted by molar-refractivity contribution is 5.83. The van der Waals surface area contributed by atoms with Crippen molar-refractivity contribution in [2.45, 2.75) is 38.3 Å². The molecule has 1 unspecified atom stereocenters. The Balaban J connectivity index is 2.44. The number of nitrogens with two attached hydrogens (primary N) is 1. The van der Waals surface area contributed by atoms with Crippen LogP contribution in [0.25, 0.3) is 0 Å². The molecule has 110 valence electrons. The highest BCUT2D eigenvalue weighted by Gasteiger charge is 2.39. The lowest BCUT2D eigenvalue weighted by Gasteiger charge is -2.41. The lowest BCUT2D eigenvalue weighted by molar-refractivity contribution is -0.138. The number of hydrogen-bond donors (Lipinski definition) is 1. The third-order valence-electron chi connectivity index (χ3n) is 3.94. The summed E-state index contributed by atoms with van der Waals surface area (Å²) in [5.41, 5.74) is 5.70. The second kappa shape index (κ2) is 5.44. The van der Waals surface area contributed by atoms with E-state index in [0.717, 1.165) is 6.07 Å². The van der Waals surface area contributed by atoms with Crippen LogP contribution in [0.4, 0.5) is 13.2 Å². The molecule has 3 nitrogen and oxygen atoms in total. The van der Waals surface area contributed by atoms with E-state index in [0.29, 0.717) is 12.6 Å². The van der Waals surface area contributed by atoms with Gasteiger partial charge in [-0.05, 0) is 31.9 Å². The molecule has 2 rings (SSSR count). The van der Waals surface area contributed by atoms with E-state index >= 15 is 0 Å². The monoisotopic (exact) mass is 286 g/mol. The number of piperidine rings is 1. The molecule has 1 fully saturated rings. The predicted molar refractivity (Wildman–Crippen MR) is 68.5 cm³/mol. The molecule has 0 saturated carbocycles. The molecule has 0 aliphatic carbocycles. The maximum atomic E-state index is 13.9. The Kier molecular flexibility index (Phi) is 4.04. The minimum atomic E-state index is -1.22. The molecule has 1 amide bonds. The molecule has 1 heterocycles. The topological polar surface area (TPSA) is 46.3 Å². The van der Waals surface area contributed by atoms with Crippen LogP contribution in [0.2, 0.25) is 0 Å². The SMILES string of the molecule is CCN1C(=O)C(N)C[C@@H](c2cc(F)cc(F)c2F)[C@H]1C. The molecule has 20 heavy (non-hydrogen) atoms. The van der Waals surface area contributed by atoms with E-state index < -0.39 is 29.4 Å². The van der Waals surface area contributed by atoms with Crippen molar-refractivity contribution in [1.29, 1.82) is 0 Å². The van der Waals surface area contributed by atoms with E-state index in [1.165, 1.54) is 4.90 Å². The first kappa shape index (κ1) is 14.8. The highest BCUT2D eigenvalue weighted by atomic mass is 19.2. The van der Waals surface area contributed by atoms with Crippen molar-refractivity contribution in [2.24, 2.45) is 5.73 Å². The number of carbonyl (C=O) groups is 1. The normalized spacial score (nSPS) is 27.0. The number of benzene rings is 1. The Hall–Kier alpha value is -1.56. The van der Waals surface area contributed by atoms with Crippen LogP contribution < -0.4 is 5.73 Å². The zero-order valence-electron chi connectivity index (χ0n) is 11.4. The molecule has 1 saturated heterocycles. The van der Waals surface area contributed by atoms with Gasteiger partial charge in [-0.2, -0.15) is 0 Å². The lowest BCUT2D eigenvalue weighted by Crippen LogP contribution is -2.55. The standard InChI is InChI=1S/C14H17F3N2O/c1-3-19-7(2)9(6-12(18)14(19)20)10-4-8(15)5-11(16)13(10)17/h4-5,7,9,12H,3,6,18H2,1-2H3/t7-,9-,12?/m1/s1. The highest BCUT2D eigenvalue weighted by Crippen LogP contribution is 2.35. The van der Waals surface area contributed by atoms with Gasteiger partial charge in [-0.15, -0.1) is 0 Å². The van der Waals surface area contributed by atoms with Gasteiger partial charge in [-0.1, -0.05) is 0 Å². The first-order valence-electron chi connectivity index (χ1n) is 6.57. The molecule has 2 N–H and O–H groups in total. The van der Waals surface area contributed by atoms with E-state index in [1.54, 1.807) is 13.8 Å². The van der Waals surface area contributed by atoms with E-state index in [9.17, 15) is 18.0 Å². The predicted octanol–water partition coefficient (Wildman–Crippen LogP) is 2.16. The van der Waals surface area contributed by atoms with Crippen molar-refractivity contribution >= 4 is 5.91 Å². The van der Waals surface area contributed by atoms with Crippen LogP contribution in [-0.4, -0.2) is 29.4 Å². The Labute approximate surface area is 115 Å². The molecule has 0 bridgehead atoms. The van der Waals surface area contributed by atoms with E-state index in [1.807, 2.05) is 0 Å². The van der Waals surface area contributed by atoms with Crippen molar-refractivity contribution < 1.29 is 18.0 Å². The Morgan fingerprint density at radius 1 is 1.35 bits per heavy atom. The molecule has 0 aromatic heterocycles. The van der Waals surface area contributed by atoms with Crippen molar-refractivity contribution in [3.05, 3.63) is 35.1 Å². The van der Waals surface area contributed by atoms with Crippen molar-refractivity contribution in [1.82, 2.24) is 4.90 Å². The maximum absolute atomic E-state index is 13.9. The van der Waals surface area contributed by atoms with Gasteiger partial charge >= 0.3 is 0 Å². The van der Waals surface area contributed by atoms with Gasteiger partial charge in [-0.25, -0.2) is 13.2 Å². The lowest BCUT2D eigenvalue weighted by atomic mass is 9.81. The number of amides is 1. The molecule has 3 atom stereocenters. The van der Waals surface area contributed by atoms with E-state index in [-0.39, 0.29) is 23.9 Å². The number of likely N-dealkylation sites (tertiary alicyclic amines) is 1. The molecule has 1 aliphatic rings. The van der Waals surface area contributed by atoms with Crippen LogP contribution in [0.1, 0.15) is 31.7 Å². The smallest absolute Gasteiger partial charge is 0.239 e. The average molecular weight is 286 g/mol. The Bertz CT molecular complexity index is 535. The van der Waals surface area contributed by atoms with Gasteiger partial charge in [0.1, 0.15) is 5.82 Å². The van der Waals surface area contributed by atoms with Crippen LogP contribution in [0.15, 0.2) is 12.1 Å². The number of halogens is 3. The summed E-state index contributed by atoms with van der Waals surface area (Å²) in [5.74, 6) is -3.86. The van der Waals surface area contributed by atoms with Crippen LogP contribution in [0, 0.1) is 17.5 Å². The molecule has 6 heteroatoms. The van der Waals surface area contributed by atoms with Gasteiger partial charge in [-0.3, -0.25) is 4.79 Å². The minimum absolute atomic E-state index is 0.0589. The average Bonchev–Trinajstić information content (AvgIpc) is 2.39. The summed E-state index contributed by atoms with van der Waals surface area (Å²) in [6.07, 6.45) is 0.177. The number of hydrogen-bond acceptors (Lipinski definition) is 2. The molecule has 1 aromatic carbocycles. The summed E-state index contributed by atoms with van der Waals surface area (Å²) >= 11 is 0. The molecule has 1 aromatic rings. The maximum Gasteiger partial charge on any atom is 0.239 e. The summed E-state index contributed by atoms with van der Waals surface area (Å²) in [7, 11) is 0. The molecule has 0 spiro atoms. The van der Waals surface area contributed by atoms with Gasteiger partial charge in [0.2, 0.25) is 5.91 Å². The summed E-state index contributed by atoms with van der Waals surface area (Å²) < 4.78 is 40.6. The fraction of sp³-hybridized carbons (Fsp3) is 0.500. The zero-order valence-corrected chi connectivity index (χ0v) is 11.4. The Morgan fingerprint density at radius 3 is 2.60 bits per heavy atom. The van der Waals surface area contributed by atoms with Gasteiger partial charge in [0.25, 0.3) is 0 Å². The van der Waals surface area contributed by atoms with Gasteiger partial charge in [0.15, 0.2) is 11.6 Å². The molecular formula is C14H17F3N2O. The van der Waals surface area contributed by atoms with Gasteiger partial charge < -0.3 is 10.6 Å². The fourth-order valence-electron chi connectivity index (χ4n) is 2.88. The van der Waals surface area contributed by atoms with Crippen molar-refractivity contribution in [2.75, 3.05) is 6.54 Å². The van der Waals surface area contributed by atoms with E-state index in [2.05, 4.69) is 0 Å². The van der Waals surface area contributed by atoms with E-state index in [4.69, 9.17) is 5.73 Å². The fourth-order valence-corrected chi connectivity index (χ4v) is 2.88. The van der Waals surface area contributed by atoms with Crippen LogP contribution >= 0.6 is 0 Å². The third-order valence-corrected chi connectivity index (χ3v) is 3.94. The summed E-state index contributed by atoms with van der Waals surface area (Å²) in [6.45, 7) is 3.94. The van der Waals surface area contributed by atoms with Gasteiger partial charge in [0.05, 0.1) is 6.04 Å². The minimum Gasteiger partial charge on any atom is -0.338 e. The second-order valence-electron chi connectivity index (χ2n) is 5.10. The van der Waals surface area contributed by atoms with Crippen LogP contribution in [0.3, 0.4) is 0 Å². The van der Waals surface area contributed by atoms with Crippen molar-refractivity contribution in [3.8, 4) is 0 Å². The number of carbonyl (C=O) groups excluding carboxylic acids is 1. The molecular weight excluding hydrogens is 269 g/mol. The number of likely N-dealkylation sites (N-methyl/N-ethyl adjacent to an activating group) is 1. The molecule has 0 radical (unpaired) electrons. The zero-order chi connectivity index (χ0) is 15.0. The number of nitrogens with zero attached hydrogens (tertiary/aromatic N) is 1. The molecule has 1 aliphatic heterocycles. The summed E-state index contributed by atoms with van der Waals surface area (Å²) in [4.78, 5) is 13.4. The third kappa shape index (κ3) is 2.40.